The molecule has 128 valence electrons. The number of halogens is 1. The number of para-hydroxylation sites is 1. The van der Waals surface area contributed by atoms with Crippen molar-refractivity contribution in [2.24, 2.45) is 0 Å². The molecule has 1 aromatic heterocycles. The van der Waals surface area contributed by atoms with Gasteiger partial charge >= 0.3 is 0 Å². The van der Waals surface area contributed by atoms with Crippen LogP contribution in [0.1, 0.15) is 11.8 Å². The van der Waals surface area contributed by atoms with E-state index < -0.39 is 0 Å². The fourth-order valence-corrected chi connectivity index (χ4v) is 2.77. The average molecular weight is 372 g/mol. The number of hydrogen-bond acceptors (Lipinski definition) is 5. The molecule has 1 atom stereocenters. The molecule has 1 aliphatic heterocycles. The monoisotopic (exact) mass is 371 g/mol. The van der Waals surface area contributed by atoms with Crippen LogP contribution < -0.4 is 15.4 Å². The van der Waals surface area contributed by atoms with Gasteiger partial charge in [-0.2, -0.15) is 0 Å². The quantitative estimate of drug-likeness (QED) is 0.475. The van der Waals surface area contributed by atoms with E-state index in [0.717, 1.165) is 32.7 Å². The van der Waals surface area contributed by atoms with E-state index in [2.05, 4.69) is 17.6 Å². The number of pyridine rings is 1. The number of nitrogens with two attached hydrogens (primary N) is 1. The van der Waals surface area contributed by atoms with Gasteiger partial charge in [-0.05, 0) is 42.5 Å². The molecule has 0 saturated heterocycles. The lowest BCUT2D eigenvalue weighted by Crippen LogP contribution is -2.23. The second-order valence-electron chi connectivity index (χ2n) is 5.51. The second kappa shape index (κ2) is 7.68. The molecule has 2 aromatic carbocycles. The maximum absolute atomic E-state index is 5.97. The Hall–Kier alpha value is -2.37. The number of hydrogen-bond donors (Lipinski definition) is 2. The van der Waals surface area contributed by atoms with Gasteiger partial charge < -0.3 is 15.4 Å². The third-order valence-electron chi connectivity index (χ3n) is 3.76. The fourth-order valence-electron chi connectivity index (χ4n) is 2.50. The molecule has 25 heavy (non-hydrogen) atoms. The summed E-state index contributed by atoms with van der Waals surface area (Å²) in [6, 6.07) is 18.8. The van der Waals surface area contributed by atoms with Gasteiger partial charge in [-0.1, -0.05) is 29.8 Å². The molecule has 4 nitrogen and oxygen atoms in total. The Morgan fingerprint density at radius 1 is 1.08 bits per heavy atom. The largest absolute Gasteiger partial charge is 0.462 e. The molecule has 0 radical (unpaired) electrons. The van der Waals surface area contributed by atoms with Crippen LogP contribution in [-0.4, -0.2) is 12.0 Å². The summed E-state index contributed by atoms with van der Waals surface area (Å²) in [5, 5.41) is 0.753. The Morgan fingerprint density at radius 3 is 2.44 bits per heavy atom. The van der Waals surface area contributed by atoms with Gasteiger partial charge in [0.2, 0.25) is 6.23 Å². The van der Waals surface area contributed by atoms with Crippen LogP contribution >= 0.6 is 24.2 Å². The van der Waals surface area contributed by atoms with Crippen LogP contribution in [0.2, 0.25) is 5.02 Å². The van der Waals surface area contributed by atoms with Gasteiger partial charge in [0.25, 0.3) is 0 Å². The molecule has 0 aliphatic carbocycles. The summed E-state index contributed by atoms with van der Waals surface area (Å²) in [7, 11) is 1.95. The molecule has 1 aliphatic rings. The SMILES string of the molecule is CN1c2ncccc2OC1c1ccccc1N.Sc1ccc(Cl)cc1. The Labute approximate surface area is 157 Å². The van der Waals surface area contributed by atoms with Crippen LogP contribution in [-0.2, 0) is 0 Å². The van der Waals surface area contributed by atoms with E-state index in [1.807, 2.05) is 72.6 Å². The minimum absolute atomic E-state index is 0.193. The van der Waals surface area contributed by atoms with E-state index in [0.29, 0.717) is 0 Å². The van der Waals surface area contributed by atoms with Crippen molar-refractivity contribution in [3.05, 3.63) is 77.4 Å². The summed E-state index contributed by atoms with van der Waals surface area (Å²) in [4.78, 5) is 7.23. The molecule has 0 saturated carbocycles. The lowest BCUT2D eigenvalue weighted by Gasteiger charge is -2.21. The number of thiol groups is 1. The molecule has 3 aromatic rings. The molecule has 6 heteroatoms. The van der Waals surface area contributed by atoms with Gasteiger partial charge in [0, 0.05) is 34.4 Å². The van der Waals surface area contributed by atoms with Crippen LogP contribution in [0.3, 0.4) is 0 Å². The number of benzene rings is 2. The van der Waals surface area contributed by atoms with Crippen molar-refractivity contribution >= 4 is 35.7 Å². The summed E-state index contributed by atoms with van der Waals surface area (Å²) in [6.07, 6.45) is 1.57. The number of fused-ring (bicyclic) bond motifs is 1. The van der Waals surface area contributed by atoms with Gasteiger partial charge in [0.1, 0.15) is 0 Å². The zero-order valence-corrected chi connectivity index (χ0v) is 15.3. The van der Waals surface area contributed by atoms with E-state index in [1.165, 1.54) is 0 Å². The van der Waals surface area contributed by atoms with Crippen molar-refractivity contribution in [1.29, 1.82) is 0 Å². The van der Waals surface area contributed by atoms with Crippen LogP contribution in [0.4, 0.5) is 11.5 Å². The summed E-state index contributed by atoms with van der Waals surface area (Å²) in [5.74, 6) is 1.64. The summed E-state index contributed by atoms with van der Waals surface area (Å²) < 4.78 is 5.87. The Morgan fingerprint density at radius 2 is 1.80 bits per heavy atom. The van der Waals surface area contributed by atoms with Crippen molar-refractivity contribution in [3.63, 3.8) is 0 Å². The highest BCUT2D eigenvalue weighted by atomic mass is 35.5. The number of anilines is 2. The first kappa shape index (κ1) is 17.5. The van der Waals surface area contributed by atoms with E-state index in [-0.39, 0.29) is 6.23 Å². The van der Waals surface area contributed by atoms with Crippen LogP contribution in [0, 0.1) is 0 Å². The highest BCUT2D eigenvalue weighted by Crippen LogP contribution is 2.41. The van der Waals surface area contributed by atoms with Gasteiger partial charge in [-0.25, -0.2) is 4.98 Å². The molecule has 4 rings (SSSR count). The fraction of sp³-hybridized carbons (Fsp3) is 0.105. The highest BCUT2D eigenvalue weighted by Gasteiger charge is 2.31. The summed E-state index contributed by atoms with van der Waals surface area (Å²) in [6.45, 7) is 0. The van der Waals surface area contributed by atoms with Crippen molar-refractivity contribution in [2.45, 2.75) is 11.1 Å². The third-order valence-corrected chi connectivity index (χ3v) is 4.31. The molecule has 1 unspecified atom stereocenters. The molecule has 0 spiro atoms. The summed E-state index contributed by atoms with van der Waals surface area (Å²) >= 11 is 9.65. The van der Waals surface area contributed by atoms with Gasteiger partial charge in [0.05, 0.1) is 0 Å². The zero-order chi connectivity index (χ0) is 17.8. The molecule has 0 fully saturated rings. The number of aromatic nitrogens is 1. The van der Waals surface area contributed by atoms with Crippen molar-refractivity contribution in [2.75, 3.05) is 17.7 Å². The Balaban J connectivity index is 0.000000192. The lowest BCUT2D eigenvalue weighted by atomic mass is 10.1. The van der Waals surface area contributed by atoms with Gasteiger partial charge in [-0.15, -0.1) is 12.6 Å². The molecule has 0 amide bonds. The van der Waals surface area contributed by atoms with E-state index in [4.69, 9.17) is 22.1 Å². The van der Waals surface area contributed by atoms with Crippen molar-refractivity contribution < 1.29 is 4.74 Å². The minimum Gasteiger partial charge on any atom is -0.462 e. The first-order valence-electron chi connectivity index (χ1n) is 7.69. The Kier molecular flexibility index (Phi) is 5.36. The Bertz CT molecular complexity index is 836. The molecular formula is C19H18ClN3OS. The number of rotatable bonds is 1. The molecular weight excluding hydrogens is 354 g/mol. The lowest BCUT2D eigenvalue weighted by molar-refractivity contribution is 0.236. The number of nitrogens with zero attached hydrogens (tertiary/aromatic N) is 2. The van der Waals surface area contributed by atoms with E-state index in [1.54, 1.807) is 6.20 Å². The second-order valence-corrected chi connectivity index (χ2v) is 6.46. The van der Waals surface area contributed by atoms with Crippen LogP contribution in [0.15, 0.2) is 71.8 Å². The maximum Gasteiger partial charge on any atom is 0.202 e. The van der Waals surface area contributed by atoms with Crippen LogP contribution in [0.25, 0.3) is 0 Å². The highest BCUT2D eigenvalue weighted by molar-refractivity contribution is 7.80. The van der Waals surface area contributed by atoms with Gasteiger partial charge in [-0.3, -0.25) is 0 Å². The van der Waals surface area contributed by atoms with E-state index in [9.17, 15) is 0 Å². The summed E-state index contributed by atoms with van der Waals surface area (Å²) in [5.41, 5.74) is 7.67. The number of nitrogen functional groups attached to an aromatic ring is 1. The normalized spacial score (nSPS) is 15.0. The van der Waals surface area contributed by atoms with Gasteiger partial charge in [0.15, 0.2) is 11.6 Å². The maximum atomic E-state index is 5.97. The predicted octanol–water partition coefficient (Wildman–Crippen LogP) is 4.82. The number of ether oxygens (including phenoxy) is 1. The third kappa shape index (κ3) is 4.00. The van der Waals surface area contributed by atoms with Crippen molar-refractivity contribution in [1.82, 2.24) is 4.98 Å². The molecule has 0 bridgehead atoms. The topological polar surface area (TPSA) is 51.4 Å². The predicted molar refractivity (Wildman–Crippen MR) is 106 cm³/mol. The standard InChI is InChI=1S/C13H13N3O.C6H5ClS/c1-16-12-11(7-4-8-15-12)17-13(16)9-5-2-3-6-10(9)14;7-5-1-3-6(8)4-2-5/h2-8,13H,14H2,1H3;1-4,8H. The first-order chi connectivity index (χ1) is 12.1. The zero-order valence-electron chi connectivity index (χ0n) is 13.6. The van der Waals surface area contributed by atoms with E-state index >= 15 is 0 Å². The molecule has 2 heterocycles. The van der Waals surface area contributed by atoms with Crippen LogP contribution in [0.5, 0.6) is 5.75 Å². The first-order valence-corrected chi connectivity index (χ1v) is 8.52. The average Bonchev–Trinajstić information content (AvgIpc) is 2.96. The smallest absolute Gasteiger partial charge is 0.202 e. The molecule has 2 N–H and O–H groups in total. The minimum atomic E-state index is -0.193. The van der Waals surface area contributed by atoms with Crippen molar-refractivity contribution in [3.8, 4) is 5.75 Å².